The van der Waals surface area contributed by atoms with E-state index in [4.69, 9.17) is 4.74 Å². The molecule has 120 valence electrons. The van der Waals surface area contributed by atoms with Crippen LogP contribution in [0.1, 0.15) is 18.4 Å². The number of piperidine rings is 1. The van der Waals surface area contributed by atoms with E-state index in [0.717, 1.165) is 42.0 Å². The lowest BCUT2D eigenvalue weighted by atomic mass is 9.58. The molecule has 0 spiro atoms. The van der Waals surface area contributed by atoms with Crippen molar-refractivity contribution < 1.29 is 4.74 Å². The SMILES string of the molecule is C=CC1CC2C(Cc3ccnc4ccc(OC)cc34)NCCC12. The minimum Gasteiger partial charge on any atom is -0.497 e. The molecule has 4 unspecified atom stereocenters. The highest BCUT2D eigenvalue weighted by atomic mass is 16.5. The minimum atomic E-state index is 0.571. The maximum absolute atomic E-state index is 5.39. The maximum Gasteiger partial charge on any atom is 0.119 e. The molecule has 23 heavy (non-hydrogen) atoms. The molecule has 2 fully saturated rings. The molecular weight excluding hydrogens is 284 g/mol. The lowest BCUT2D eigenvalue weighted by Crippen LogP contribution is -2.55. The number of rotatable bonds is 4. The summed E-state index contributed by atoms with van der Waals surface area (Å²) in [6, 6.07) is 8.88. The Labute approximate surface area is 137 Å². The molecule has 1 aliphatic heterocycles. The predicted molar refractivity (Wildman–Crippen MR) is 93.7 cm³/mol. The van der Waals surface area contributed by atoms with Crippen LogP contribution in [0.2, 0.25) is 0 Å². The monoisotopic (exact) mass is 308 g/mol. The summed E-state index contributed by atoms with van der Waals surface area (Å²) < 4.78 is 5.39. The van der Waals surface area contributed by atoms with Crippen LogP contribution in [-0.2, 0) is 6.42 Å². The molecule has 1 aliphatic carbocycles. The Balaban J connectivity index is 1.61. The summed E-state index contributed by atoms with van der Waals surface area (Å²) in [7, 11) is 1.72. The number of fused-ring (bicyclic) bond motifs is 2. The van der Waals surface area contributed by atoms with Crippen LogP contribution in [0.4, 0.5) is 0 Å². The van der Waals surface area contributed by atoms with Gasteiger partial charge in [-0.05, 0) is 73.4 Å². The number of nitrogens with one attached hydrogen (secondary N) is 1. The normalized spacial score (nSPS) is 29.6. The summed E-state index contributed by atoms with van der Waals surface area (Å²) >= 11 is 0. The number of ether oxygens (including phenoxy) is 1. The number of aromatic nitrogens is 1. The van der Waals surface area contributed by atoms with Crippen molar-refractivity contribution in [3.63, 3.8) is 0 Å². The standard InChI is InChI=1S/C20H24N2O/c1-3-13-10-18-16(13)7-9-22-20(18)11-14-6-8-21-19-5-4-15(23-2)12-17(14)19/h3-6,8,12-13,16,18,20,22H,1,7,9-11H2,2H3. The van der Waals surface area contributed by atoms with Crippen molar-refractivity contribution in [3.8, 4) is 5.75 Å². The second-order valence-corrected chi connectivity index (χ2v) is 6.87. The van der Waals surface area contributed by atoms with E-state index in [0.29, 0.717) is 6.04 Å². The fourth-order valence-electron chi connectivity index (χ4n) is 4.48. The molecule has 0 radical (unpaired) electrons. The van der Waals surface area contributed by atoms with Gasteiger partial charge in [-0.1, -0.05) is 6.08 Å². The van der Waals surface area contributed by atoms with Crippen LogP contribution in [0.3, 0.4) is 0 Å². The molecule has 1 aromatic heterocycles. The Morgan fingerprint density at radius 2 is 2.26 bits per heavy atom. The molecule has 0 amide bonds. The first-order valence-corrected chi connectivity index (χ1v) is 8.57. The van der Waals surface area contributed by atoms with Gasteiger partial charge in [0.15, 0.2) is 0 Å². The molecule has 4 atom stereocenters. The Bertz CT molecular complexity index is 727. The number of pyridine rings is 1. The van der Waals surface area contributed by atoms with Crippen LogP contribution in [0.15, 0.2) is 43.1 Å². The van der Waals surface area contributed by atoms with Gasteiger partial charge in [-0.2, -0.15) is 0 Å². The topological polar surface area (TPSA) is 34.1 Å². The fraction of sp³-hybridized carbons (Fsp3) is 0.450. The lowest BCUT2D eigenvalue weighted by molar-refractivity contribution is 0.0340. The van der Waals surface area contributed by atoms with E-state index >= 15 is 0 Å². The van der Waals surface area contributed by atoms with Crippen LogP contribution < -0.4 is 10.1 Å². The number of allylic oxidation sites excluding steroid dienone is 1. The zero-order chi connectivity index (χ0) is 15.8. The van der Waals surface area contributed by atoms with Crippen molar-refractivity contribution >= 4 is 10.9 Å². The molecule has 1 saturated carbocycles. The molecule has 3 heteroatoms. The minimum absolute atomic E-state index is 0.571. The summed E-state index contributed by atoms with van der Waals surface area (Å²) in [6.45, 7) is 5.13. The lowest BCUT2D eigenvalue weighted by Gasteiger charge is -2.51. The van der Waals surface area contributed by atoms with E-state index in [1.807, 2.05) is 18.3 Å². The highest BCUT2D eigenvalue weighted by Gasteiger charge is 2.45. The van der Waals surface area contributed by atoms with Gasteiger partial charge in [-0.15, -0.1) is 6.58 Å². The van der Waals surface area contributed by atoms with Crippen molar-refractivity contribution in [2.24, 2.45) is 17.8 Å². The molecule has 1 saturated heterocycles. The molecule has 1 aromatic carbocycles. The zero-order valence-corrected chi connectivity index (χ0v) is 13.7. The van der Waals surface area contributed by atoms with E-state index in [-0.39, 0.29) is 0 Å². The molecule has 2 aliphatic rings. The van der Waals surface area contributed by atoms with Gasteiger partial charge in [0.1, 0.15) is 5.75 Å². The van der Waals surface area contributed by atoms with E-state index in [1.165, 1.54) is 23.8 Å². The fourth-order valence-corrected chi connectivity index (χ4v) is 4.48. The zero-order valence-electron chi connectivity index (χ0n) is 13.7. The second-order valence-electron chi connectivity index (χ2n) is 6.87. The number of nitrogens with zero attached hydrogens (tertiary/aromatic N) is 1. The number of benzene rings is 1. The van der Waals surface area contributed by atoms with Gasteiger partial charge in [0.25, 0.3) is 0 Å². The molecular formula is C20H24N2O. The van der Waals surface area contributed by atoms with Crippen LogP contribution in [0.5, 0.6) is 5.75 Å². The first kappa shape index (κ1) is 14.7. The molecule has 2 heterocycles. The van der Waals surface area contributed by atoms with Crippen LogP contribution in [0, 0.1) is 17.8 Å². The summed E-state index contributed by atoms with van der Waals surface area (Å²) in [5.74, 6) is 3.26. The largest absolute Gasteiger partial charge is 0.497 e. The summed E-state index contributed by atoms with van der Waals surface area (Å²) in [6.07, 6.45) is 7.74. The van der Waals surface area contributed by atoms with E-state index in [2.05, 4.69) is 35.1 Å². The first-order chi connectivity index (χ1) is 11.3. The van der Waals surface area contributed by atoms with Gasteiger partial charge in [0.05, 0.1) is 12.6 Å². The van der Waals surface area contributed by atoms with Crippen molar-refractivity contribution in [3.05, 3.63) is 48.7 Å². The third-order valence-electron chi connectivity index (χ3n) is 5.83. The Kier molecular flexibility index (Phi) is 3.82. The smallest absolute Gasteiger partial charge is 0.119 e. The van der Waals surface area contributed by atoms with E-state index in [9.17, 15) is 0 Å². The molecule has 2 aromatic rings. The third-order valence-corrected chi connectivity index (χ3v) is 5.83. The highest BCUT2D eigenvalue weighted by molar-refractivity contribution is 5.83. The van der Waals surface area contributed by atoms with Gasteiger partial charge in [0.2, 0.25) is 0 Å². The van der Waals surface area contributed by atoms with Crippen molar-refractivity contribution in [2.45, 2.75) is 25.3 Å². The third kappa shape index (κ3) is 2.53. The summed E-state index contributed by atoms with van der Waals surface area (Å²) in [5, 5.41) is 4.97. The Hall–Kier alpha value is -1.87. The number of hydrogen-bond acceptors (Lipinski definition) is 3. The summed E-state index contributed by atoms with van der Waals surface area (Å²) in [4.78, 5) is 4.49. The van der Waals surface area contributed by atoms with Gasteiger partial charge < -0.3 is 10.1 Å². The van der Waals surface area contributed by atoms with Crippen LogP contribution in [-0.4, -0.2) is 24.7 Å². The van der Waals surface area contributed by atoms with Gasteiger partial charge in [0, 0.05) is 17.6 Å². The predicted octanol–water partition coefficient (Wildman–Crippen LogP) is 3.59. The number of hydrogen-bond donors (Lipinski definition) is 1. The maximum atomic E-state index is 5.39. The summed E-state index contributed by atoms with van der Waals surface area (Å²) in [5.41, 5.74) is 2.42. The molecule has 0 bridgehead atoms. The van der Waals surface area contributed by atoms with E-state index < -0.39 is 0 Å². The highest BCUT2D eigenvalue weighted by Crippen LogP contribution is 2.47. The number of methoxy groups -OCH3 is 1. The molecule has 4 rings (SSSR count). The van der Waals surface area contributed by atoms with Crippen LogP contribution in [0.25, 0.3) is 10.9 Å². The second kappa shape index (κ2) is 5.97. The average Bonchev–Trinajstić information content (AvgIpc) is 2.57. The Morgan fingerprint density at radius 1 is 1.35 bits per heavy atom. The van der Waals surface area contributed by atoms with Crippen molar-refractivity contribution in [1.82, 2.24) is 10.3 Å². The van der Waals surface area contributed by atoms with Gasteiger partial charge in [-0.3, -0.25) is 4.98 Å². The van der Waals surface area contributed by atoms with Gasteiger partial charge in [-0.25, -0.2) is 0 Å². The van der Waals surface area contributed by atoms with E-state index in [1.54, 1.807) is 7.11 Å². The van der Waals surface area contributed by atoms with Crippen LogP contribution >= 0.6 is 0 Å². The molecule has 3 nitrogen and oxygen atoms in total. The molecule has 1 N–H and O–H groups in total. The van der Waals surface area contributed by atoms with Crippen molar-refractivity contribution in [1.29, 1.82) is 0 Å². The van der Waals surface area contributed by atoms with Gasteiger partial charge >= 0.3 is 0 Å². The Morgan fingerprint density at radius 3 is 3.09 bits per heavy atom. The first-order valence-electron chi connectivity index (χ1n) is 8.57. The average molecular weight is 308 g/mol. The van der Waals surface area contributed by atoms with Crippen molar-refractivity contribution in [2.75, 3.05) is 13.7 Å². The quantitative estimate of drug-likeness (QED) is 0.877.